The zero-order valence-corrected chi connectivity index (χ0v) is 8.69. The largest absolute Gasteiger partial charge is 0.393 e. The minimum atomic E-state index is -0.195. The van der Waals surface area contributed by atoms with E-state index in [1.165, 1.54) is 10.4 Å². The second-order valence-corrected chi connectivity index (χ2v) is 4.70. The normalized spacial score (nSPS) is 13.8. The number of hydrogen-bond acceptors (Lipinski definition) is 2. The van der Waals surface area contributed by atoms with E-state index in [2.05, 4.69) is 18.4 Å². The average Bonchev–Trinajstić information content (AvgIpc) is 2.35. The van der Waals surface area contributed by atoms with Crippen molar-refractivity contribution in [1.29, 1.82) is 0 Å². The van der Waals surface area contributed by atoms with Gasteiger partial charge in [-0.05, 0) is 36.3 Å². The topological polar surface area (TPSA) is 20.2 Å². The van der Waals surface area contributed by atoms with E-state index >= 15 is 0 Å². The summed E-state index contributed by atoms with van der Waals surface area (Å²) in [6, 6.07) is 2.15. The van der Waals surface area contributed by atoms with Crippen LogP contribution >= 0.6 is 11.3 Å². The summed E-state index contributed by atoms with van der Waals surface area (Å²) in [7, 11) is 0. The molecule has 0 spiro atoms. The van der Waals surface area contributed by atoms with Crippen LogP contribution in [0.4, 0.5) is 0 Å². The predicted octanol–water partition coefficient (Wildman–Crippen LogP) is 2.62. The predicted molar refractivity (Wildman–Crippen MR) is 53.6 cm³/mol. The van der Waals surface area contributed by atoms with Crippen molar-refractivity contribution in [3.63, 3.8) is 0 Å². The first kappa shape index (κ1) is 9.75. The summed E-state index contributed by atoms with van der Waals surface area (Å²) < 4.78 is 0. The standard InChI is InChI=1S/C10H16OS/c1-7(2)10(11)5-9-4-8(3)12-6-9/h4,6-7,10-11H,5H2,1-3H3. The molecule has 0 radical (unpaired) electrons. The lowest BCUT2D eigenvalue weighted by Gasteiger charge is -2.12. The minimum absolute atomic E-state index is 0.195. The molecular weight excluding hydrogens is 168 g/mol. The van der Waals surface area contributed by atoms with Gasteiger partial charge in [-0.3, -0.25) is 0 Å². The Morgan fingerprint density at radius 2 is 2.17 bits per heavy atom. The molecule has 0 aliphatic rings. The quantitative estimate of drug-likeness (QED) is 0.765. The molecule has 0 amide bonds. The molecule has 2 heteroatoms. The lowest BCUT2D eigenvalue weighted by Crippen LogP contribution is -2.17. The van der Waals surface area contributed by atoms with Crippen LogP contribution in [0.15, 0.2) is 11.4 Å². The van der Waals surface area contributed by atoms with Crippen molar-refractivity contribution in [1.82, 2.24) is 0 Å². The third kappa shape index (κ3) is 2.61. The molecule has 1 aromatic rings. The van der Waals surface area contributed by atoms with Gasteiger partial charge in [0.2, 0.25) is 0 Å². The molecule has 12 heavy (non-hydrogen) atoms. The van der Waals surface area contributed by atoms with Crippen LogP contribution in [-0.4, -0.2) is 11.2 Å². The lowest BCUT2D eigenvalue weighted by molar-refractivity contribution is 0.126. The van der Waals surface area contributed by atoms with Gasteiger partial charge in [-0.25, -0.2) is 0 Å². The summed E-state index contributed by atoms with van der Waals surface area (Å²) in [4.78, 5) is 1.32. The third-order valence-corrected chi connectivity index (χ3v) is 2.91. The highest BCUT2D eigenvalue weighted by molar-refractivity contribution is 7.10. The van der Waals surface area contributed by atoms with Crippen molar-refractivity contribution in [2.75, 3.05) is 0 Å². The van der Waals surface area contributed by atoms with Gasteiger partial charge in [0, 0.05) is 4.88 Å². The van der Waals surface area contributed by atoms with Gasteiger partial charge in [0.1, 0.15) is 0 Å². The monoisotopic (exact) mass is 184 g/mol. The first-order valence-corrected chi connectivity index (χ1v) is 5.19. The van der Waals surface area contributed by atoms with Crippen LogP contribution in [0.25, 0.3) is 0 Å². The molecule has 1 nitrogen and oxygen atoms in total. The molecule has 1 rings (SSSR count). The maximum atomic E-state index is 9.59. The molecule has 0 fully saturated rings. The van der Waals surface area contributed by atoms with Crippen molar-refractivity contribution >= 4 is 11.3 Å². The smallest absolute Gasteiger partial charge is 0.0603 e. The van der Waals surface area contributed by atoms with Crippen LogP contribution in [0.5, 0.6) is 0 Å². The van der Waals surface area contributed by atoms with Crippen LogP contribution in [-0.2, 0) is 6.42 Å². The molecule has 0 saturated heterocycles. The van der Waals surface area contributed by atoms with Crippen molar-refractivity contribution in [2.24, 2.45) is 5.92 Å². The summed E-state index contributed by atoms with van der Waals surface area (Å²) in [5, 5.41) is 11.7. The highest BCUT2D eigenvalue weighted by Crippen LogP contribution is 2.16. The van der Waals surface area contributed by atoms with Gasteiger partial charge in [0.15, 0.2) is 0 Å². The summed E-state index contributed by atoms with van der Waals surface area (Å²) >= 11 is 1.75. The molecule has 68 valence electrons. The fourth-order valence-electron chi connectivity index (χ4n) is 1.08. The first-order chi connectivity index (χ1) is 5.59. The average molecular weight is 184 g/mol. The van der Waals surface area contributed by atoms with E-state index < -0.39 is 0 Å². The molecule has 0 saturated carbocycles. The van der Waals surface area contributed by atoms with Crippen molar-refractivity contribution in [3.05, 3.63) is 21.9 Å². The number of aryl methyl sites for hydroxylation is 1. The van der Waals surface area contributed by atoms with Gasteiger partial charge in [0.25, 0.3) is 0 Å². The fourth-order valence-corrected chi connectivity index (χ4v) is 1.80. The Bertz CT molecular complexity index is 240. The van der Waals surface area contributed by atoms with Gasteiger partial charge in [0.05, 0.1) is 6.10 Å². The van der Waals surface area contributed by atoms with Crippen LogP contribution in [0, 0.1) is 12.8 Å². The molecule has 1 heterocycles. The maximum Gasteiger partial charge on any atom is 0.0603 e. The lowest BCUT2D eigenvalue weighted by atomic mass is 10.0. The van der Waals surface area contributed by atoms with Crippen LogP contribution in [0.3, 0.4) is 0 Å². The van der Waals surface area contributed by atoms with E-state index in [9.17, 15) is 5.11 Å². The molecule has 0 aliphatic carbocycles. The van der Waals surface area contributed by atoms with E-state index in [1.54, 1.807) is 11.3 Å². The maximum absolute atomic E-state index is 9.59. The third-order valence-electron chi connectivity index (χ3n) is 2.00. The molecule has 1 unspecified atom stereocenters. The van der Waals surface area contributed by atoms with Crippen LogP contribution < -0.4 is 0 Å². The van der Waals surface area contributed by atoms with Gasteiger partial charge < -0.3 is 5.11 Å². The number of thiophene rings is 1. The SMILES string of the molecule is Cc1cc(CC(O)C(C)C)cs1. The molecule has 1 atom stereocenters. The Labute approximate surface area is 78.1 Å². The number of aliphatic hydroxyl groups is 1. The van der Waals surface area contributed by atoms with E-state index in [-0.39, 0.29) is 6.10 Å². The van der Waals surface area contributed by atoms with Gasteiger partial charge in [-0.1, -0.05) is 13.8 Å². The fraction of sp³-hybridized carbons (Fsp3) is 0.600. The number of hydrogen-bond donors (Lipinski definition) is 1. The number of aliphatic hydroxyl groups excluding tert-OH is 1. The van der Waals surface area contributed by atoms with Gasteiger partial charge in [-0.2, -0.15) is 0 Å². The highest BCUT2D eigenvalue weighted by Gasteiger charge is 2.10. The Hall–Kier alpha value is -0.340. The second kappa shape index (κ2) is 4.06. The van der Waals surface area contributed by atoms with Gasteiger partial charge in [-0.15, -0.1) is 11.3 Å². The summed E-state index contributed by atoms with van der Waals surface area (Å²) in [6.07, 6.45) is 0.598. The molecule has 1 aromatic heterocycles. The van der Waals surface area contributed by atoms with E-state index in [0.717, 1.165) is 6.42 Å². The van der Waals surface area contributed by atoms with E-state index in [1.807, 2.05) is 13.8 Å². The Morgan fingerprint density at radius 3 is 2.58 bits per heavy atom. The molecule has 0 aromatic carbocycles. The number of rotatable bonds is 3. The Morgan fingerprint density at radius 1 is 1.50 bits per heavy atom. The van der Waals surface area contributed by atoms with Crippen LogP contribution in [0.1, 0.15) is 24.3 Å². The first-order valence-electron chi connectivity index (χ1n) is 4.31. The molecule has 1 N–H and O–H groups in total. The van der Waals surface area contributed by atoms with Crippen molar-refractivity contribution < 1.29 is 5.11 Å². The molecule has 0 bridgehead atoms. The zero-order valence-electron chi connectivity index (χ0n) is 7.87. The minimum Gasteiger partial charge on any atom is -0.393 e. The Kier molecular flexibility index (Phi) is 3.29. The van der Waals surface area contributed by atoms with E-state index in [0.29, 0.717) is 5.92 Å². The summed E-state index contributed by atoms with van der Waals surface area (Å²) in [5.41, 5.74) is 1.26. The Balaban J connectivity index is 2.52. The van der Waals surface area contributed by atoms with Crippen molar-refractivity contribution in [3.8, 4) is 0 Å². The van der Waals surface area contributed by atoms with Gasteiger partial charge >= 0.3 is 0 Å². The molecular formula is C10H16OS. The summed E-state index contributed by atoms with van der Waals surface area (Å²) in [5.74, 6) is 0.352. The zero-order chi connectivity index (χ0) is 9.14. The van der Waals surface area contributed by atoms with Crippen molar-refractivity contribution in [2.45, 2.75) is 33.3 Å². The van der Waals surface area contributed by atoms with E-state index in [4.69, 9.17) is 0 Å². The van der Waals surface area contributed by atoms with Crippen LogP contribution in [0.2, 0.25) is 0 Å². The highest BCUT2D eigenvalue weighted by atomic mass is 32.1. The summed E-state index contributed by atoms with van der Waals surface area (Å²) in [6.45, 7) is 6.18. The molecule has 0 aliphatic heterocycles. The second-order valence-electron chi connectivity index (χ2n) is 3.58.